The first-order valence-electron chi connectivity index (χ1n) is 6.87. The van der Waals surface area contributed by atoms with Gasteiger partial charge in [-0.2, -0.15) is 11.3 Å². The van der Waals surface area contributed by atoms with E-state index in [9.17, 15) is 0 Å². The van der Waals surface area contributed by atoms with Gasteiger partial charge >= 0.3 is 0 Å². The largest absolute Gasteiger partial charge is 0.463 e. The monoisotopic (exact) mass is 284 g/mol. The Balaban J connectivity index is 1.76. The van der Waals surface area contributed by atoms with Gasteiger partial charge in [0.15, 0.2) is 0 Å². The van der Waals surface area contributed by atoms with E-state index in [1.165, 1.54) is 22.3 Å². The van der Waals surface area contributed by atoms with Crippen LogP contribution in [0.25, 0.3) is 11.1 Å². The Morgan fingerprint density at radius 3 is 3.00 bits per heavy atom. The molecule has 0 fully saturated rings. The molecule has 1 aliphatic heterocycles. The number of hydrogen-bond donors (Lipinski definition) is 1. The number of rotatable bonds is 1. The topological polar surface area (TPSA) is 47.6 Å². The first kappa shape index (κ1) is 12.0. The van der Waals surface area contributed by atoms with Gasteiger partial charge in [-0.25, -0.2) is 4.99 Å². The zero-order valence-corrected chi connectivity index (χ0v) is 12.0. The van der Waals surface area contributed by atoms with Gasteiger partial charge in [0.2, 0.25) is 0 Å². The lowest BCUT2D eigenvalue weighted by Crippen LogP contribution is -2.35. The summed E-state index contributed by atoms with van der Waals surface area (Å²) in [5.41, 5.74) is 11.1. The van der Waals surface area contributed by atoms with Crippen molar-refractivity contribution in [3.05, 3.63) is 46.2 Å². The lowest BCUT2D eigenvalue weighted by molar-refractivity contribution is 0.235. The Bertz CT molecular complexity index is 678. The SMILES string of the molecule is NC1=NC2(CCc3c(cccc3-c3ccsc3)C2)CO1. The molecule has 2 aromatic rings. The summed E-state index contributed by atoms with van der Waals surface area (Å²) in [6, 6.07) is 9.13. The van der Waals surface area contributed by atoms with Gasteiger partial charge < -0.3 is 10.5 Å². The van der Waals surface area contributed by atoms with E-state index in [2.05, 4.69) is 40.0 Å². The average molecular weight is 284 g/mol. The van der Waals surface area contributed by atoms with Crippen molar-refractivity contribution in [2.24, 2.45) is 10.7 Å². The predicted molar refractivity (Wildman–Crippen MR) is 82.1 cm³/mol. The standard InChI is InChI=1S/C16H16N2OS/c17-15-18-16(10-19-15)6-4-14-11(8-16)2-1-3-13(14)12-5-7-20-9-12/h1-3,5,7,9H,4,6,8,10H2,(H2,17,18). The Kier molecular flexibility index (Phi) is 2.60. The summed E-state index contributed by atoms with van der Waals surface area (Å²) in [5, 5.41) is 4.35. The maximum atomic E-state index is 5.70. The van der Waals surface area contributed by atoms with Gasteiger partial charge in [-0.1, -0.05) is 18.2 Å². The van der Waals surface area contributed by atoms with Crippen LogP contribution < -0.4 is 5.73 Å². The number of thiophene rings is 1. The highest BCUT2D eigenvalue weighted by Gasteiger charge is 2.39. The molecule has 4 rings (SSSR count). The van der Waals surface area contributed by atoms with E-state index >= 15 is 0 Å². The van der Waals surface area contributed by atoms with Gasteiger partial charge in [-0.3, -0.25) is 0 Å². The molecule has 102 valence electrons. The normalized spacial score (nSPS) is 24.3. The van der Waals surface area contributed by atoms with Crippen LogP contribution in [-0.4, -0.2) is 18.2 Å². The number of hydrogen-bond acceptors (Lipinski definition) is 4. The molecule has 20 heavy (non-hydrogen) atoms. The average Bonchev–Trinajstić information content (AvgIpc) is 3.09. The Morgan fingerprint density at radius 1 is 1.30 bits per heavy atom. The Hall–Kier alpha value is -1.81. The summed E-state index contributed by atoms with van der Waals surface area (Å²) in [7, 11) is 0. The summed E-state index contributed by atoms with van der Waals surface area (Å²) < 4.78 is 5.39. The molecule has 0 amide bonds. The van der Waals surface area contributed by atoms with Gasteiger partial charge in [-0.05, 0) is 51.9 Å². The zero-order valence-electron chi connectivity index (χ0n) is 11.1. The highest BCUT2D eigenvalue weighted by Crippen LogP contribution is 2.39. The molecule has 1 aromatic heterocycles. The summed E-state index contributed by atoms with van der Waals surface area (Å²) in [4.78, 5) is 4.55. The van der Waals surface area contributed by atoms with Gasteiger partial charge in [-0.15, -0.1) is 0 Å². The van der Waals surface area contributed by atoms with Crippen LogP contribution in [0.5, 0.6) is 0 Å². The number of fused-ring (bicyclic) bond motifs is 1. The lowest BCUT2D eigenvalue weighted by Gasteiger charge is -2.31. The van der Waals surface area contributed by atoms with E-state index in [0.717, 1.165) is 19.3 Å². The molecule has 2 N–H and O–H groups in total. The number of benzene rings is 1. The molecule has 0 radical (unpaired) electrons. The van der Waals surface area contributed by atoms with E-state index in [0.29, 0.717) is 12.6 Å². The molecular weight excluding hydrogens is 268 g/mol. The number of nitrogens with two attached hydrogens (primary N) is 1. The number of amidine groups is 1. The molecule has 4 heteroatoms. The number of nitrogens with zero attached hydrogens (tertiary/aromatic N) is 1. The highest BCUT2D eigenvalue weighted by molar-refractivity contribution is 7.08. The fourth-order valence-corrected chi connectivity index (χ4v) is 3.97. The lowest BCUT2D eigenvalue weighted by atomic mass is 9.77. The van der Waals surface area contributed by atoms with E-state index < -0.39 is 0 Å². The third-order valence-corrected chi connectivity index (χ3v) is 4.98. The molecule has 1 spiro atoms. The van der Waals surface area contributed by atoms with E-state index in [-0.39, 0.29) is 5.54 Å². The minimum Gasteiger partial charge on any atom is -0.463 e. The third kappa shape index (κ3) is 1.83. The second-order valence-corrected chi connectivity index (χ2v) is 6.38. The second-order valence-electron chi connectivity index (χ2n) is 5.60. The molecular formula is C16H16N2OS. The van der Waals surface area contributed by atoms with Crippen molar-refractivity contribution in [2.75, 3.05) is 6.61 Å². The first-order valence-corrected chi connectivity index (χ1v) is 7.82. The van der Waals surface area contributed by atoms with E-state index in [4.69, 9.17) is 10.5 Å². The molecule has 1 aromatic carbocycles. The fraction of sp³-hybridized carbons (Fsp3) is 0.312. The molecule has 1 unspecified atom stereocenters. The molecule has 1 aliphatic carbocycles. The highest BCUT2D eigenvalue weighted by atomic mass is 32.1. The minimum absolute atomic E-state index is 0.121. The van der Waals surface area contributed by atoms with Gasteiger partial charge in [0.1, 0.15) is 12.1 Å². The van der Waals surface area contributed by atoms with Crippen LogP contribution in [0.2, 0.25) is 0 Å². The summed E-state index contributed by atoms with van der Waals surface area (Å²) in [6.07, 6.45) is 2.99. The fourth-order valence-electron chi connectivity index (χ4n) is 3.31. The van der Waals surface area contributed by atoms with Crippen molar-refractivity contribution in [1.29, 1.82) is 0 Å². The molecule has 0 bridgehead atoms. The summed E-state index contributed by atoms with van der Waals surface area (Å²) in [6.45, 7) is 0.626. The van der Waals surface area contributed by atoms with Gasteiger partial charge in [0.05, 0.1) is 0 Å². The van der Waals surface area contributed by atoms with E-state index in [1.54, 1.807) is 11.3 Å². The third-order valence-electron chi connectivity index (χ3n) is 4.30. The van der Waals surface area contributed by atoms with Crippen molar-refractivity contribution in [3.63, 3.8) is 0 Å². The van der Waals surface area contributed by atoms with Crippen molar-refractivity contribution < 1.29 is 4.74 Å². The molecule has 2 heterocycles. The van der Waals surface area contributed by atoms with Crippen molar-refractivity contribution >= 4 is 17.4 Å². The van der Waals surface area contributed by atoms with Crippen LogP contribution in [0.3, 0.4) is 0 Å². The van der Waals surface area contributed by atoms with Crippen molar-refractivity contribution in [1.82, 2.24) is 0 Å². The van der Waals surface area contributed by atoms with Crippen LogP contribution in [0.15, 0.2) is 40.0 Å². The number of ether oxygens (including phenoxy) is 1. The van der Waals surface area contributed by atoms with Gasteiger partial charge in [0, 0.05) is 6.42 Å². The molecule has 3 nitrogen and oxygen atoms in total. The van der Waals surface area contributed by atoms with Crippen molar-refractivity contribution in [3.8, 4) is 11.1 Å². The van der Waals surface area contributed by atoms with Crippen LogP contribution >= 0.6 is 11.3 Å². The molecule has 0 saturated heterocycles. The zero-order chi connectivity index (χ0) is 13.6. The van der Waals surface area contributed by atoms with Crippen LogP contribution in [0, 0.1) is 0 Å². The second kappa shape index (κ2) is 4.35. The Morgan fingerprint density at radius 2 is 2.25 bits per heavy atom. The minimum atomic E-state index is -0.121. The summed E-state index contributed by atoms with van der Waals surface area (Å²) >= 11 is 1.75. The van der Waals surface area contributed by atoms with Crippen LogP contribution in [0.1, 0.15) is 17.5 Å². The van der Waals surface area contributed by atoms with Gasteiger partial charge in [0.25, 0.3) is 6.02 Å². The van der Waals surface area contributed by atoms with E-state index in [1.807, 2.05) is 0 Å². The molecule has 1 atom stereocenters. The predicted octanol–water partition coefficient (Wildman–Crippen LogP) is 2.99. The smallest absolute Gasteiger partial charge is 0.282 e. The Labute approximate surface area is 122 Å². The van der Waals surface area contributed by atoms with Crippen LogP contribution in [0.4, 0.5) is 0 Å². The quantitative estimate of drug-likeness (QED) is 0.875. The first-order chi connectivity index (χ1) is 9.76. The molecule has 0 saturated carbocycles. The van der Waals surface area contributed by atoms with Crippen molar-refractivity contribution in [2.45, 2.75) is 24.8 Å². The maximum absolute atomic E-state index is 5.70. The number of aliphatic imine (C=N–C) groups is 1. The van der Waals surface area contributed by atoms with Crippen LogP contribution in [-0.2, 0) is 17.6 Å². The molecule has 2 aliphatic rings. The maximum Gasteiger partial charge on any atom is 0.282 e. The summed E-state index contributed by atoms with van der Waals surface area (Å²) in [5.74, 6) is 0.